The van der Waals surface area contributed by atoms with Gasteiger partial charge in [0.25, 0.3) is 0 Å². The number of aryl methyl sites for hydroxylation is 2. The molecule has 3 nitrogen and oxygen atoms in total. The lowest BCUT2D eigenvalue weighted by molar-refractivity contribution is 1.20. The van der Waals surface area contributed by atoms with Gasteiger partial charge in [0.05, 0.1) is 5.52 Å². The van der Waals surface area contributed by atoms with Crippen molar-refractivity contribution in [2.75, 3.05) is 5.73 Å². The standard InChI is InChI=1S/C11H12ClN3.CH2I2/c1-5-4-8-9(7(3)6(5)2)10(13)15-11(12)14-8;1-3-2/h4H,1-3H3,(H2,13,14,15);1H2. The molecule has 1 aromatic heterocycles. The number of hydrogen-bond donors (Lipinski definition) is 1. The highest BCUT2D eigenvalue weighted by atomic mass is 128. The molecule has 1 heterocycles. The summed E-state index contributed by atoms with van der Waals surface area (Å²) in [5, 5.41) is 1.10. The lowest BCUT2D eigenvalue weighted by Gasteiger charge is -2.10. The molecule has 0 bridgehead atoms. The fraction of sp³-hybridized carbons (Fsp3) is 0.250. The molecule has 0 unspecified atom stereocenters. The minimum Gasteiger partial charge on any atom is -0.383 e. The predicted octanol–water partition coefficient (Wildman–Crippen LogP) is 4.53. The van der Waals surface area contributed by atoms with Crippen molar-refractivity contribution in [3.8, 4) is 0 Å². The number of nitrogen functional groups attached to an aromatic ring is 1. The Balaban J connectivity index is 0.000000492. The van der Waals surface area contributed by atoms with E-state index >= 15 is 0 Å². The fourth-order valence-corrected chi connectivity index (χ4v) is 1.93. The summed E-state index contributed by atoms with van der Waals surface area (Å²) in [7, 11) is 0. The van der Waals surface area contributed by atoms with Crippen LogP contribution in [0, 0.1) is 20.8 Å². The molecular weight excluding hydrogens is 475 g/mol. The van der Waals surface area contributed by atoms with Gasteiger partial charge in [0.15, 0.2) is 0 Å². The Kier molecular flexibility index (Phi) is 6.19. The van der Waals surface area contributed by atoms with Gasteiger partial charge in [-0.05, 0) is 73.7 Å². The molecule has 0 aliphatic carbocycles. The molecule has 0 aliphatic heterocycles. The van der Waals surface area contributed by atoms with Gasteiger partial charge in [0, 0.05) is 5.39 Å². The van der Waals surface area contributed by atoms with E-state index in [2.05, 4.69) is 40.0 Å². The molecule has 1 aromatic carbocycles. The fourth-order valence-electron chi connectivity index (χ4n) is 1.75. The Bertz CT molecular complexity index is 600. The molecule has 2 rings (SSSR count). The van der Waals surface area contributed by atoms with Crippen LogP contribution in [0.25, 0.3) is 10.9 Å². The van der Waals surface area contributed by atoms with Gasteiger partial charge in [-0.2, -0.15) is 0 Å². The van der Waals surface area contributed by atoms with Gasteiger partial charge in [-0.25, -0.2) is 9.97 Å². The Morgan fingerprint density at radius 1 is 1.28 bits per heavy atom. The highest BCUT2D eigenvalue weighted by Crippen LogP contribution is 2.27. The number of nitrogens with two attached hydrogens (primary N) is 1. The smallest absolute Gasteiger partial charge is 0.224 e. The quantitative estimate of drug-likeness (QED) is 0.437. The average molecular weight is 490 g/mol. The summed E-state index contributed by atoms with van der Waals surface area (Å²) in [6.45, 7) is 6.14. The minimum atomic E-state index is 0.197. The lowest BCUT2D eigenvalue weighted by atomic mass is 10.00. The number of anilines is 1. The van der Waals surface area contributed by atoms with E-state index in [1.54, 1.807) is 0 Å². The summed E-state index contributed by atoms with van der Waals surface area (Å²) in [6, 6.07) is 1.99. The molecule has 6 heteroatoms. The maximum Gasteiger partial charge on any atom is 0.224 e. The Hall–Kier alpha value is -0.0200. The van der Waals surface area contributed by atoms with Crippen molar-refractivity contribution in [1.29, 1.82) is 0 Å². The Labute approximate surface area is 131 Å². The first kappa shape index (κ1) is 16.0. The van der Waals surface area contributed by atoms with E-state index in [0.29, 0.717) is 22.6 Å². The third kappa shape index (κ3) is 3.51. The predicted molar refractivity (Wildman–Crippen MR) is 98.3 cm³/mol. The molecule has 0 atom stereocenters. The molecule has 98 valence electrons. The van der Waals surface area contributed by atoms with E-state index in [9.17, 15) is 0 Å². The lowest BCUT2D eigenvalue weighted by Crippen LogP contribution is -1.99. The largest absolute Gasteiger partial charge is 0.383 e. The zero-order valence-electron chi connectivity index (χ0n) is 10.4. The van der Waals surface area contributed by atoms with Crippen LogP contribution in [0.4, 0.5) is 5.82 Å². The second-order valence-corrected chi connectivity index (χ2v) is 8.60. The third-order valence-electron chi connectivity index (χ3n) is 2.82. The molecule has 0 aliphatic rings. The molecule has 18 heavy (non-hydrogen) atoms. The van der Waals surface area contributed by atoms with Crippen LogP contribution in [-0.2, 0) is 0 Å². The molecule has 0 fully saturated rings. The van der Waals surface area contributed by atoms with Gasteiger partial charge in [0.2, 0.25) is 5.28 Å². The second kappa shape index (κ2) is 6.95. The van der Waals surface area contributed by atoms with Gasteiger partial charge in [-0.3, -0.25) is 0 Å². The Morgan fingerprint density at radius 2 is 1.83 bits per heavy atom. The molecule has 0 amide bonds. The number of nitrogens with zero attached hydrogens (tertiary/aromatic N) is 2. The number of fused-ring (bicyclic) bond motifs is 1. The zero-order chi connectivity index (χ0) is 13.9. The van der Waals surface area contributed by atoms with Crippen molar-refractivity contribution in [3.63, 3.8) is 0 Å². The van der Waals surface area contributed by atoms with Crippen LogP contribution in [0.15, 0.2) is 6.07 Å². The van der Waals surface area contributed by atoms with Gasteiger partial charge in [-0.15, -0.1) is 0 Å². The van der Waals surface area contributed by atoms with Crippen molar-refractivity contribution in [2.24, 2.45) is 0 Å². The van der Waals surface area contributed by atoms with E-state index in [1.165, 1.54) is 11.1 Å². The number of hydrogen-bond acceptors (Lipinski definition) is 3. The highest BCUT2D eigenvalue weighted by Gasteiger charge is 2.10. The van der Waals surface area contributed by atoms with Crippen molar-refractivity contribution in [3.05, 3.63) is 28.0 Å². The summed E-state index contributed by atoms with van der Waals surface area (Å²) in [5.74, 6) is 0.450. The number of halogens is 3. The topological polar surface area (TPSA) is 51.8 Å². The summed E-state index contributed by atoms with van der Waals surface area (Å²) in [4.78, 5) is 8.14. The van der Waals surface area contributed by atoms with Gasteiger partial charge >= 0.3 is 0 Å². The van der Waals surface area contributed by atoms with E-state index in [1.807, 2.05) is 19.9 Å². The molecule has 0 radical (unpaired) electrons. The van der Waals surface area contributed by atoms with E-state index in [4.69, 9.17) is 17.3 Å². The van der Waals surface area contributed by atoms with E-state index < -0.39 is 0 Å². The second-order valence-electron chi connectivity index (χ2n) is 3.82. The third-order valence-corrected chi connectivity index (χ3v) is 2.99. The first-order valence-electron chi connectivity index (χ1n) is 5.11. The van der Waals surface area contributed by atoms with Crippen molar-refractivity contribution in [2.45, 2.75) is 20.8 Å². The molecular formula is C12H14ClI2N3. The van der Waals surface area contributed by atoms with Crippen LogP contribution in [-0.4, -0.2) is 14.5 Å². The van der Waals surface area contributed by atoms with Gasteiger partial charge in [-0.1, -0.05) is 21.3 Å². The van der Waals surface area contributed by atoms with Crippen LogP contribution in [0.3, 0.4) is 0 Å². The summed E-state index contributed by atoms with van der Waals surface area (Å²) in [6.07, 6.45) is 0. The maximum atomic E-state index is 5.84. The average Bonchev–Trinajstić information content (AvgIpc) is 2.26. The van der Waals surface area contributed by atoms with Crippen LogP contribution in [0.5, 0.6) is 0 Å². The molecule has 0 spiro atoms. The normalized spacial score (nSPS) is 10.1. The summed E-state index contributed by atoms with van der Waals surface area (Å²) in [5.41, 5.74) is 10.2. The van der Waals surface area contributed by atoms with Crippen LogP contribution in [0.2, 0.25) is 5.28 Å². The first-order valence-corrected chi connectivity index (χ1v) is 13.3. The maximum absolute atomic E-state index is 5.84. The van der Waals surface area contributed by atoms with Crippen molar-refractivity contribution >= 4 is 68.2 Å². The van der Waals surface area contributed by atoms with E-state index in [-0.39, 0.29) is 5.28 Å². The number of rotatable bonds is 0. The molecule has 2 aromatic rings. The first-order chi connectivity index (χ1) is 8.42. The Morgan fingerprint density at radius 3 is 2.39 bits per heavy atom. The van der Waals surface area contributed by atoms with Crippen molar-refractivity contribution < 1.29 is 0 Å². The van der Waals surface area contributed by atoms with Gasteiger partial charge in [0.1, 0.15) is 5.82 Å². The molecule has 2 N–H and O–H groups in total. The highest BCUT2D eigenvalue weighted by molar-refractivity contribution is 15.0. The SMILES string of the molecule is C=II.Cc1cc2nc(Cl)nc(N)c2c(C)c1C. The summed E-state index contributed by atoms with van der Waals surface area (Å²) < 4.78 is 3.58. The molecule has 0 saturated heterocycles. The number of benzene rings is 1. The van der Waals surface area contributed by atoms with E-state index in [0.717, 1.165) is 16.5 Å². The monoisotopic (exact) mass is 489 g/mol. The zero-order valence-corrected chi connectivity index (χ0v) is 15.5. The van der Waals surface area contributed by atoms with Crippen LogP contribution < -0.4 is 5.73 Å². The number of aromatic nitrogens is 2. The summed E-state index contributed by atoms with van der Waals surface area (Å²) >= 11 is 8.36. The van der Waals surface area contributed by atoms with Crippen LogP contribution >= 0.6 is 47.0 Å². The van der Waals surface area contributed by atoms with Crippen LogP contribution in [0.1, 0.15) is 16.7 Å². The molecule has 0 saturated carbocycles. The minimum absolute atomic E-state index is 0.197. The van der Waals surface area contributed by atoms with Gasteiger partial charge < -0.3 is 5.73 Å². The van der Waals surface area contributed by atoms with Crippen molar-refractivity contribution in [1.82, 2.24) is 9.97 Å².